The van der Waals surface area contributed by atoms with Crippen LogP contribution in [-0.2, 0) is 12.8 Å². The third kappa shape index (κ3) is 3.46. The van der Waals surface area contributed by atoms with E-state index in [1.54, 1.807) is 18.3 Å². The summed E-state index contributed by atoms with van der Waals surface area (Å²) in [5, 5.41) is 33.0. The fraction of sp³-hybridized carbons (Fsp3) is 0.419. The van der Waals surface area contributed by atoms with Crippen LogP contribution in [0.2, 0.25) is 0 Å². The van der Waals surface area contributed by atoms with Crippen molar-refractivity contribution < 1.29 is 14.2 Å². The Hall–Kier alpha value is -3.23. The summed E-state index contributed by atoms with van der Waals surface area (Å²) in [6, 6.07) is 17.5. The molecule has 3 aliphatic carbocycles. The number of pyridine rings is 1. The van der Waals surface area contributed by atoms with Crippen molar-refractivity contribution in [2.45, 2.75) is 63.4 Å². The summed E-state index contributed by atoms with van der Waals surface area (Å²) in [6.45, 7) is 2.28. The summed E-state index contributed by atoms with van der Waals surface area (Å²) in [4.78, 5) is 0. The molecule has 1 heterocycles. The minimum absolute atomic E-state index is 0.147. The van der Waals surface area contributed by atoms with Crippen molar-refractivity contribution in [3.63, 3.8) is 0 Å². The van der Waals surface area contributed by atoms with Crippen molar-refractivity contribution in [3.05, 3.63) is 94.2 Å². The van der Waals surface area contributed by atoms with Crippen molar-refractivity contribution in [1.82, 2.24) is 0 Å². The maximum atomic E-state index is 14.9. The number of nitriles is 1. The number of rotatable bonds is 3. The smallest absolute Gasteiger partial charge is 0.188 e. The van der Waals surface area contributed by atoms with Gasteiger partial charge in [0.2, 0.25) is 0 Å². The molecule has 0 bridgehead atoms. The first-order chi connectivity index (χ1) is 17.3. The van der Waals surface area contributed by atoms with Gasteiger partial charge in [0, 0.05) is 18.1 Å². The van der Waals surface area contributed by atoms with E-state index in [4.69, 9.17) is 0 Å². The molecule has 2 fully saturated rings. The summed E-state index contributed by atoms with van der Waals surface area (Å²) in [5.74, 6) is 0.833. The highest BCUT2D eigenvalue weighted by Crippen LogP contribution is 2.65. The van der Waals surface area contributed by atoms with Crippen LogP contribution in [0.25, 0.3) is 11.1 Å². The van der Waals surface area contributed by atoms with E-state index in [1.165, 1.54) is 6.20 Å². The van der Waals surface area contributed by atoms with Crippen LogP contribution in [-0.4, -0.2) is 10.7 Å². The Labute approximate surface area is 211 Å². The van der Waals surface area contributed by atoms with Gasteiger partial charge in [0.15, 0.2) is 12.4 Å². The second-order valence-corrected chi connectivity index (χ2v) is 11.4. The first kappa shape index (κ1) is 23.2. The molecule has 3 unspecified atom stereocenters. The van der Waals surface area contributed by atoms with E-state index in [0.29, 0.717) is 30.6 Å². The second-order valence-electron chi connectivity index (χ2n) is 11.4. The average molecular weight is 483 g/mol. The van der Waals surface area contributed by atoms with E-state index >= 15 is 0 Å². The molecule has 5 heteroatoms. The molecule has 36 heavy (non-hydrogen) atoms. The van der Waals surface area contributed by atoms with Gasteiger partial charge in [-0.1, -0.05) is 37.3 Å². The van der Waals surface area contributed by atoms with Crippen LogP contribution in [0.15, 0.2) is 60.9 Å². The van der Waals surface area contributed by atoms with E-state index in [9.17, 15) is 20.0 Å². The molecule has 3 aliphatic rings. The van der Waals surface area contributed by atoms with Gasteiger partial charge in [-0.15, -0.1) is 0 Å². The Bertz CT molecular complexity index is 1360. The fourth-order valence-corrected chi connectivity index (χ4v) is 7.89. The minimum Gasteiger partial charge on any atom is -0.619 e. The van der Waals surface area contributed by atoms with E-state index in [1.807, 2.05) is 30.3 Å². The monoisotopic (exact) mass is 482 g/mol. The van der Waals surface area contributed by atoms with Crippen LogP contribution in [0.4, 0.5) is 4.39 Å². The average Bonchev–Trinajstić information content (AvgIpc) is 3.15. The van der Waals surface area contributed by atoms with Gasteiger partial charge in [-0.3, -0.25) is 0 Å². The van der Waals surface area contributed by atoms with Gasteiger partial charge in [-0.2, -0.15) is 9.99 Å². The van der Waals surface area contributed by atoms with Gasteiger partial charge in [0.25, 0.3) is 0 Å². The molecular formula is C31H31FN2O2. The Morgan fingerprint density at radius 1 is 1.08 bits per heavy atom. The number of aromatic nitrogens is 1. The standard InChI is InChI=1S/C31H31FN2O2/c1-30-14-12-25-24-9-8-22(18-33)29(32)27(24)11-10-26(25)28(30)13-15-31(30,35)17-20-4-6-21(7-5-20)23-3-2-16-34(36)19-23/h2-9,16,19,25-26,28,35H,10-15,17H2,1H3/t25?,26?,28?,30-,31+/m0/s1. The summed E-state index contributed by atoms with van der Waals surface area (Å²) >= 11 is 0. The molecule has 5 atom stereocenters. The Kier molecular flexibility index (Phi) is 5.42. The predicted molar refractivity (Wildman–Crippen MR) is 135 cm³/mol. The molecule has 0 amide bonds. The van der Waals surface area contributed by atoms with Crippen molar-refractivity contribution >= 4 is 0 Å². The highest BCUT2D eigenvalue weighted by Gasteiger charge is 2.61. The molecular weight excluding hydrogens is 451 g/mol. The highest BCUT2D eigenvalue weighted by molar-refractivity contribution is 5.61. The minimum atomic E-state index is -0.773. The molecule has 2 aromatic carbocycles. The van der Waals surface area contributed by atoms with E-state index in [0.717, 1.165) is 64.7 Å². The normalized spacial score (nSPS) is 30.7. The third-order valence-electron chi connectivity index (χ3n) is 9.84. The molecule has 184 valence electrons. The first-order valence-corrected chi connectivity index (χ1v) is 13.0. The molecule has 0 spiro atoms. The summed E-state index contributed by atoms with van der Waals surface area (Å²) < 4.78 is 15.7. The maximum Gasteiger partial charge on any atom is 0.188 e. The summed E-state index contributed by atoms with van der Waals surface area (Å²) in [5.41, 5.74) is 4.00. The molecule has 0 saturated heterocycles. The van der Waals surface area contributed by atoms with Crippen molar-refractivity contribution in [2.24, 2.45) is 17.3 Å². The molecule has 0 aliphatic heterocycles. The lowest BCUT2D eigenvalue weighted by Gasteiger charge is -2.53. The number of hydrogen-bond acceptors (Lipinski definition) is 3. The third-order valence-corrected chi connectivity index (χ3v) is 9.84. The number of halogens is 1. The molecule has 2 saturated carbocycles. The lowest BCUT2D eigenvalue weighted by atomic mass is 9.52. The van der Waals surface area contributed by atoms with Crippen LogP contribution in [0.5, 0.6) is 0 Å². The van der Waals surface area contributed by atoms with Gasteiger partial charge in [0.05, 0.1) is 11.2 Å². The zero-order valence-corrected chi connectivity index (χ0v) is 20.6. The lowest BCUT2D eigenvalue weighted by molar-refractivity contribution is -0.604. The molecule has 3 aromatic rings. The number of hydrogen-bond donors (Lipinski definition) is 1. The molecule has 4 nitrogen and oxygen atoms in total. The van der Waals surface area contributed by atoms with Crippen LogP contribution in [0, 0.1) is 39.6 Å². The molecule has 1 aromatic heterocycles. The largest absolute Gasteiger partial charge is 0.619 e. The predicted octanol–water partition coefficient (Wildman–Crippen LogP) is 5.83. The van der Waals surface area contributed by atoms with Crippen LogP contribution in [0.1, 0.15) is 67.2 Å². The molecule has 1 N–H and O–H groups in total. The second kappa shape index (κ2) is 8.42. The Morgan fingerprint density at radius 2 is 1.89 bits per heavy atom. The summed E-state index contributed by atoms with van der Waals surface area (Å²) in [6.07, 6.45) is 8.89. The number of fused-ring (bicyclic) bond motifs is 5. The number of nitrogens with zero attached hydrogens (tertiary/aromatic N) is 2. The van der Waals surface area contributed by atoms with Gasteiger partial charge >= 0.3 is 0 Å². The molecule has 6 rings (SSSR count). The maximum absolute atomic E-state index is 14.9. The quantitative estimate of drug-likeness (QED) is 0.377. The van der Waals surface area contributed by atoms with Gasteiger partial charge in [-0.05, 0) is 96.1 Å². The van der Waals surface area contributed by atoms with E-state index in [2.05, 4.69) is 19.1 Å². The van der Waals surface area contributed by atoms with Crippen molar-refractivity contribution in [1.29, 1.82) is 5.26 Å². The van der Waals surface area contributed by atoms with Crippen LogP contribution < -0.4 is 4.73 Å². The fourth-order valence-electron chi connectivity index (χ4n) is 7.89. The summed E-state index contributed by atoms with van der Waals surface area (Å²) in [7, 11) is 0. The lowest BCUT2D eigenvalue weighted by Crippen LogP contribution is -2.52. The topological polar surface area (TPSA) is 71.0 Å². The first-order valence-electron chi connectivity index (χ1n) is 13.0. The van der Waals surface area contributed by atoms with E-state index in [-0.39, 0.29) is 16.8 Å². The van der Waals surface area contributed by atoms with Gasteiger partial charge in [-0.25, -0.2) is 4.39 Å². The Balaban J connectivity index is 1.24. The number of aliphatic hydroxyl groups is 1. The van der Waals surface area contributed by atoms with Crippen LogP contribution in [0.3, 0.4) is 0 Å². The van der Waals surface area contributed by atoms with Crippen molar-refractivity contribution in [3.8, 4) is 17.2 Å². The van der Waals surface area contributed by atoms with E-state index < -0.39 is 5.60 Å². The molecule has 0 radical (unpaired) electrons. The zero-order chi connectivity index (χ0) is 25.1. The van der Waals surface area contributed by atoms with Crippen LogP contribution >= 0.6 is 0 Å². The highest BCUT2D eigenvalue weighted by atomic mass is 19.1. The SMILES string of the molecule is C[C@]12CCC3c4ccc(C#N)c(F)c4CCC3C1CC[C@@]2(O)Cc1ccc(-c2ccc[n+]([O-])c2)cc1. The number of benzene rings is 2. The zero-order valence-electron chi connectivity index (χ0n) is 20.6. The van der Waals surface area contributed by atoms with Gasteiger partial charge < -0.3 is 10.3 Å². The van der Waals surface area contributed by atoms with Crippen molar-refractivity contribution in [2.75, 3.05) is 0 Å². The van der Waals surface area contributed by atoms with Gasteiger partial charge in [0.1, 0.15) is 11.9 Å². The Morgan fingerprint density at radius 3 is 2.64 bits per heavy atom.